The topological polar surface area (TPSA) is 104 Å². The van der Waals surface area contributed by atoms with Gasteiger partial charge in [-0.25, -0.2) is 8.42 Å². The third-order valence-electron chi connectivity index (χ3n) is 3.48. The third kappa shape index (κ3) is 11.3. The lowest BCUT2D eigenvalue weighted by Gasteiger charge is -2.09. The number of hydrogen-bond donors (Lipinski definition) is 3. The Morgan fingerprint density at radius 2 is 1.58 bits per heavy atom. The lowest BCUT2D eigenvalue weighted by Crippen LogP contribution is -2.41. The van der Waals surface area contributed by atoms with Gasteiger partial charge in [-0.1, -0.05) is 0 Å². The van der Waals surface area contributed by atoms with Gasteiger partial charge in [0.05, 0.1) is 11.3 Å². The first kappa shape index (κ1) is 25.9. The van der Waals surface area contributed by atoms with Crippen LogP contribution in [-0.2, 0) is 19.6 Å². The summed E-state index contributed by atoms with van der Waals surface area (Å²) >= 11 is 0. The third-order valence-corrected chi connectivity index (χ3v) is 5.25. The Morgan fingerprint density at radius 3 is 1.92 bits per heavy atom. The average Bonchev–Trinajstić information content (AvgIpc) is 3.61. The van der Waals surface area contributed by atoms with Crippen molar-refractivity contribution in [3.05, 3.63) is 13.2 Å². The fourth-order valence-corrected chi connectivity index (χ4v) is 3.06. The summed E-state index contributed by atoms with van der Waals surface area (Å²) in [5.41, 5.74) is 0. The van der Waals surface area contributed by atoms with Crippen molar-refractivity contribution < 1.29 is 18.0 Å². The Hall–Kier alpha value is -2.29. The highest BCUT2D eigenvalue weighted by molar-refractivity contribution is 7.90. The van der Waals surface area contributed by atoms with Crippen molar-refractivity contribution >= 4 is 22.3 Å². The van der Waals surface area contributed by atoms with E-state index in [1.54, 1.807) is 4.72 Å². The molecule has 3 fully saturated rings. The maximum absolute atomic E-state index is 11.3. The first-order chi connectivity index (χ1) is 12.5. The molecule has 3 aliphatic rings. The second-order valence-electron chi connectivity index (χ2n) is 5.41. The van der Waals surface area contributed by atoms with E-state index < -0.39 is 10.0 Å². The second-order valence-corrected chi connectivity index (χ2v) is 7.40. The van der Waals surface area contributed by atoms with Gasteiger partial charge >= 0.3 is 0 Å². The molecule has 2 saturated carbocycles. The first-order valence-corrected chi connectivity index (χ1v) is 9.73. The number of carbonyl (C=O) groups is 2. The predicted molar refractivity (Wildman–Crippen MR) is 104 cm³/mol. The van der Waals surface area contributed by atoms with Crippen LogP contribution in [0.5, 0.6) is 0 Å². The Bertz CT molecular complexity index is 537. The molecule has 1 atom stereocenters. The molecule has 2 amide bonds. The molecule has 0 aromatic rings. The molecule has 0 aromatic heterocycles. The molecule has 2 aliphatic carbocycles. The van der Waals surface area contributed by atoms with E-state index in [0.717, 1.165) is 19.4 Å². The van der Waals surface area contributed by atoms with E-state index in [1.807, 2.05) is 0 Å². The molecule has 0 aromatic carbocycles. The van der Waals surface area contributed by atoms with Gasteiger partial charge in [-0.15, -0.1) is 38.9 Å². The Balaban J connectivity index is 0. The molecule has 0 radical (unpaired) electrons. The molecule has 1 saturated heterocycles. The molecular weight excluding hydrogens is 354 g/mol. The highest BCUT2D eigenvalue weighted by Gasteiger charge is 2.35. The number of amides is 2. The van der Waals surface area contributed by atoms with Gasteiger partial charge in [0.2, 0.25) is 22.3 Å². The number of nitrogens with one attached hydrogen (secondary N) is 3. The Kier molecular flexibility index (Phi) is 15.0. The highest BCUT2D eigenvalue weighted by Crippen LogP contribution is 2.26. The summed E-state index contributed by atoms with van der Waals surface area (Å²) < 4.78 is 23.1. The fourth-order valence-electron chi connectivity index (χ4n) is 1.98. The SMILES string of the molecule is C#C.C#C.C=C.O=C(NC1CC1)[C@@H]1CCCN1.O=CNS(=O)(=O)C1CC1. The van der Waals surface area contributed by atoms with Crippen LogP contribution in [0.1, 0.15) is 38.5 Å². The summed E-state index contributed by atoms with van der Waals surface area (Å²) in [5, 5.41) is 5.87. The molecule has 3 N–H and O–H groups in total. The van der Waals surface area contributed by atoms with Crippen LogP contribution in [0.2, 0.25) is 0 Å². The highest BCUT2D eigenvalue weighted by atomic mass is 32.2. The van der Waals surface area contributed by atoms with Crippen LogP contribution >= 0.6 is 0 Å². The summed E-state index contributed by atoms with van der Waals surface area (Å²) in [4.78, 5) is 21.0. The van der Waals surface area contributed by atoms with Gasteiger partial charge in [0.25, 0.3) is 0 Å². The minimum absolute atomic E-state index is 0.107. The fraction of sp³-hybridized carbons (Fsp3) is 0.556. The molecule has 0 spiro atoms. The maximum atomic E-state index is 11.3. The van der Waals surface area contributed by atoms with Gasteiger partial charge in [-0.3, -0.25) is 14.3 Å². The predicted octanol–water partition coefficient (Wildman–Crippen LogP) is 0.543. The molecule has 146 valence electrons. The van der Waals surface area contributed by atoms with Gasteiger partial charge in [-0.2, -0.15) is 0 Å². The van der Waals surface area contributed by atoms with Crippen LogP contribution in [0, 0.1) is 25.7 Å². The van der Waals surface area contributed by atoms with Crippen LogP contribution in [-0.4, -0.2) is 44.6 Å². The van der Waals surface area contributed by atoms with Gasteiger partial charge in [0.15, 0.2) is 0 Å². The standard InChI is InChI=1S/C8H14N2O.C4H7NO3S.C2H4.2C2H2/c11-8(10-6-3-4-6)7-2-1-5-9-7;6-3-5-9(7,8)4-1-2-4;3*1-2/h6-7,9H,1-5H2,(H,10,11);3-4H,1-2H2,(H,5,6);1-2H2;2*1-2H/t7-;;;;/m0..../s1. The van der Waals surface area contributed by atoms with Gasteiger partial charge in [0, 0.05) is 6.04 Å². The van der Waals surface area contributed by atoms with Gasteiger partial charge in [0.1, 0.15) is 0 Å². The van der Waals surface area contributed by atoms with Gasteiger partial charge < -0.3 is 10.6 Å². The van der Waals surface area contributed by atoms with Crippen molar-refractivity contribution in [2.24, 2.45) is 0 Å². The molecule has 0 unspecified atom stereocenters. The van der Waals surface area contributed by atoms with E-state index in [9.17, 15) is 18.0 Å². The zero-order valence-electron chi connectivity index (χ0n) is 15.0. The summed E-state index contributed by atoms with van der Waals surface area (Å²) in [6.07, 6.45) is 22.1. The summed E-state index contributed by atoms with van der Waals surface area (Å²) in [6.45, 7) is 7.00. The lowest BCUT2D eigenvalue weighted by atomic mass is 10.2. The smallest absolute Gasteiger partial charge is 0.237 e. The molecule has 0 bridgehead atoms. The van der Waals surface area contributed by atoms with E-state index in [1.165, 1.54) is 12.8 Å². The molecule has 26 heavy (non-hydrogen) atoms. The summed E-state index contributed by atoms with van der Waals surface area (Å²) in [6, 6.07) is 0.612. The van der Waals surface area contributed by atoms with Crippen LogP contribution in [0.25, 0.3) is 0 Å². The molecule has 1 aliphatic heterocycles. The zero-order valence-corrected chi connectivity index (χ0v) is 15.8. The lowest BCUT2D eigenvalue weighted by molar-refractivity contribution is -0.122. The largest absolute Gasteiger partial charge is 0.352 e. The van der Waals surface area contributed by atoms with E-state index in [-0.39, 0.29) is 23.6 Å². The second kappa shape index (κ2) is 15.0. The first-order valence-electron chi connectivity index (χ1n) is 8.18. The molecule has 3 rings (SSSR count). The number of carbonyl (C=O) groups excluding carboxylic acids is 2. The van der Waals surface area contributed by atoms with Gasteiger partial charge in [-0.05, 0) is 45.1 Å². The van der Waals surface area contributed by atoms with E-state index in [2.05, 4.69) is 49.5 Å². The number of rotatable bonds is 5. The van der Waals surface area contributed by atoms with Crippen molar-refractivity contribution in [2.75, 3.05) is 6.54 Å². The Labute approximate surface area is 157 Å². The van der Waals surface area contributed by atoms with Crippen LogP contribution in [0.4, 0.5) is 0 Å². The van der Waals surface area contributed by atoms with Crippen LogP contribution < -0.4 is 15.4 Å². The Morgan fingerprint density at radius 1 is 1.04 bits per heavy atom. The van der Waals surface area contributed by atoms with Crippen LogP contribution in [0.3, 0.4) is 0 Å². The molecular formula is C18H29N3O4S. The monoisotopic (exact) mass is 383 g/mol. The molecule has 1 heterocycles. The quantitative estimate of drug-likeness (QED) is 0.365. The van der Waals surface area contributed by atoms with Crippen molar-refractivity contribution in [2.45, 2.75) is 55.9 Å². The van der Waals surface area contributed by atoms with E-state index >= 15 is 0 Å². The average molecular weight is 384 g/mol. The van der Waals surface area contributed by atoms with Crippen molar-refractivity contribution in [3.8, 4) is 25.7 Å². The van der Waals surface area contributed by atoms with E-state index in [4.69, 9.17) is 0 Å². The summed E-state index contributed by atoms with van der Waals surface area (Å²) in [5.74, 6) is 0.213. The minimum Gasteiger partial charge on any atom is -0.352 e. The summed E-state index contributed by atoms with van der Waals surface area (Å²) in [7, 11) is -3.26. The molecule has 7 nitrogen and oxygen atoms in total. The van der Waals surface area contributed by atoms with Crippen molar-refractivity contribution in [1.29, 1.82) is 0 Å². The van der Waals surface area contributed by atoms with E-state index in [0.29, 0.717) is 18.9 Å². The minimum atomic E-state index is -3.26. The maximum Gasteiger partial charge on any atom is 0.237 e. The van der Waals surface area contributed by atoms with Crippen LogP contribution in [0.15, 0.2) is 13.2 Å². The number of hydrogen-bond acceptors (Lipinski definition) is 5. The number of sulfonamides is 1. The number of terminal acetylenes is 2. The zero-order chi connectivity index (χ0) is 20.6. The van der Waals surface area contributed by atoms with Crippen molar-refractivity contribution in [3.63, 3.8) is 0 Å². The normalized spacial score (nSPS) is 19.8. The van der Waals surface area contributed by atoms with Crippen molar-refractivity contribution in [1.82, 2.24) is 15.4 Å². The molecule has 8 heteroatoms.